The van der Waals surface area contributed by atoms with E-state index in [1.54, 1.807) is 19.3 Å². The van der Waals surface area contributed by atoms with Crippen molar-refractivity contribution >= 4 is 23.5 Å². The third kappa shape index (κ3) is 5.77. The van der Waals surface area contributed by atoms with Crippen LogP contribution < -0.4 is 0 Å². The lowest BCUT2D eigenvalue weighted by Crippen LogP contribution is -2.09. The standard InChI is InChI=1S/C12H16N2O3S/c1-3-17-11(16)5-4-10(15)8-18-12-13-6-9(2)7-14-12/h6-7H,3-5,8H2,1-2H3. The molecule has 0 unspecified atom stereocenters. The number of Topliss-reactive ketones (excluding diaryl/α,β-unsaturated/α-hetero) is 1. The quantitative estimate of drug-likeness (QED) is 0.426. The Bertz CT molecular complexity index is 406. The van der Waals surface area contributed by atoms with E-state index in [0.29, 0.717) is 11.8 Å². The van der Waals surface area contributed by atoms with Gasteiger partial charge in [-0.1, -0.05) is 11.8 Å². The average Bonchev–Trinajstić information content (AvgIpc) is 2.36. The third-order valence-corrected chi connectivity index (χ3v) is 2.97. The van der Waals surface area contributed by atoms with Crippen LogP contribution in [0.4, 0.5) is 0 Å². The number of ketones is 1. The van der Waals surface area contributed by atoms with Crippen molar-refractivity contribution in [3.8, 4) is 0 Å². The van der Waals surface area contributed by atoms with Crippen LogP contribution in [0.1, 0.15) is 25.3 Å². The van der Waals surface area contributed by atoms with E-state index in [0.717, 1.165) is 5.56 Å². The van der Waals surface area contributed by atoms with Gasteiger partial charge in [0.1, 0.15) is 5.78 Å². The topological polar surface area (TPSA) is 69.2 Å². The minimum Gasteiger partial charge on any atom is -0.466 e. The number of hydrogen-bond donors (Lipinski definition) is 0. The summed E-state index contributed by atoms with van der Waals surface area (Å²) in [5.41, 5.74) is 0.980. The molecule has 5 nitrogen and oxygen atoms in total. The first-order valence-corrected chi connectivity index (χ1v) is 6.69. The molecule has 0 aliphatic heterocycles. The van der Waals surface area contributed by atoms with Gasteiger partial charge in [-0.05, 0) is 19.4 Å². The zero-order valence-electron chi connectivity index (χ0n) is 10.5. The van der Waals surface area contributed by atoms with Crippen molar-refractivity contribution in [2.45, 2.75) is 31.8 Å². The number of hydrogen-bond acceptors (Lipinski definition) is 6. The summed E-state index contributed by atoms with van der Waals surface area (Å²) < 4.78 is 4.75. The van der Waals surface area contributed by atoms with Crippen LogP contribution >= 0.6 is 11.8 Å². The van der Waals surface area contributed by atoms with Crippen LogP contribution in [-0.4, -0.2) is 34.1 Å². The van der Waals surface area contributed by atoms with E-state index in [9.17, 15) is 9.59 Å². The normalized spacial score (nSPS) is 10.1. The molecule has 0 radical (unpaired) electrons. The average molecular weight is 268 g/mol. The van der Waals surface area contributed by atoms with Gasteiger partial charge in [-0.2, -0.15) is 0 Å². The predicted octanol–water partition coefficient (Wildman–Crippen LogP) is 1.79. The van der Waals surface area contributed by atoms with Gasteiger partial charge >= 0.3 is 5.97 Å². The summed E-state index contributed by atoms with van der Waals surface area (Å²) in [5.74, 6) is -0.0534. The molecule has 1 rings (SSSR count). The molecule has 0 spiro atoms. The molecule has 0 amide bonds. The Kier molecular flexibility index (Phi) is 6.35. The molecule has 0 aliphatic carbocycles. The maximum absolute atomic E-state index is 11.5. The van der Waals surface area contributed by atoms with Crippen molar-refractivity contribution in [3.05, 3.63) is 18.0 Å². The Hall–Kier alpha value is -1.43. The number of aromatic nitrogens is 2. The van der Waals surface area contributed by atoms with Crippen molar-refractivity contribution in [2.24, 2.45) is 0 Å². The third-order valence-electron chi connectivity index (χ3n) is 2.03. The fourth-order valence-electron chi connectivity index (χ4n) is 1.15. The summed E-state index contributed by atoms with van der Waals surface area (Å²) in [6.45, 7) is 3.99. The fraction of sp³-hybridized carbons (Fsp3) is 0.500. The van der Waals surface area contributed by atoms with Gasteiger partial charge in [0.05, 0.1) is 18.8 Å². The number of esters is 1. The number of carbonyl (C=O) groups is 2. The lowest BCUT2D eigenvalue weighted by molar-refractivity contribution is -0.144. The number of ether oxygens (including phenoxy) is 1. The van der Waals surface area contributed by atoms with Gasteiger partial charge in [0, 0.05) is 18.8 Å². The van der Waals surface area contributed by atoms with Gasteiger partial charge in [0.25, 0.3) is 0 Å². The van der Waals surface area contributed by atoms with Crippen LogP contribution in [0, 0.1) is 6.92 Å². The van der Waals surface area contributed by atoms with E-state index in [2.05, 4.69) is 9.97 Å². The Balaban J connectivity index is 2.24. The lowest BCUT2D eigenvalue weighted by Gasteiger charge is -2.01. The molecular formula is C12H16N2O3S. The van der Waals surface area contributed by atoms with Gasteiger partial charge in [-0.3, -0.25) is 9.59 Å². The Morgan fingerprint density at radius 3 is 2.56 bits per heavy atom. The van der Waals surface area contributed by atoms with Crippen LogP contribution in [0.5, 0.6) is 0 Å². The lowest BCUT2D eigenvalue weighted by atomic mass is 10.2. The molecule has 0 N–H and O–H groups in total. The first kappa shape index (κ1) is 14.6. The summed E-state index contributed by atoms with van der Waals surface area (Å²) in [7, 11) is 0. The van der Waals surface area contributed by atoms with E-state index in [1.165, 1.54) is 11.8 Å². The van der Waals surface area contributed by atoms with E-state index in [4.69, 9.17) is 4.74 Å². The Morgan fingerprint density at radius 2 is 1.94 bits per heavy atom. The second kappa shape index (κ2) is 7.81. The second-order valence-corrected chi connectivity index (χ2v) is 4.62. The van der Waals surface area contributed by atoms with E-state index >= 15 is 0 Å². The second-order valence-electron chi connectivity index (χ2n) is 3.68. The van der Waals surface area contributed by atoms with Crippen LogP contribution in [0.15, 0.2) is 17.6 Å². The fourth-order valence-corrected chi connectivity index (χ4v) is 1.84. The molecule has 6 heteroatoms. The monoisotopic (exact) mass is 268 g/mol. The molecule has 0 bridgehead atoms. The maximum Gasteiger partial charge on any atom is 0.306 e. The van der Waals surface area contributed by atoms with Crippen LogP contribution in [-0.2, 0) is 14.3 Å². The number of nitrogens with zero attached hydrogens (tertiary/aromatic N) is 2. The molecular weight excluding hydrogens is 252 g/mol. The van der Waals surface area contributed by atoms with E-state index in [1.807, 2.05) is 6.92 Å². The maximum atomic E-state index is 11.5. The molecule has 1 aromatic rings. The molecule has 98 valence electrons. The van der Waals surface area contributed by atoms with Gasteiger partial charge in [-0.25, -0.2) is 9.97 Å². The highest BCUT2D eigenvalue weighted by Crippen LogP contribution is 2.13. The Labute approximate surface area is 110 Å². The van der Waals surface area contributed by atoms with Gasteiger partial charge < -0.3 is 4.74 Å². The number of carbonyl (C=O) groups excluding carboxylic acids is 2. The number of thioether (sulfide) groups is 1. The number of aryl methyl sites for hydroxylation is 1. The number of rotatable bonds is 7. The van der Waals surface area contributed by atoms with Crippen molar-refractivity contribution in [1.29, 1.82) is 0 Å². The van der Waals surface area contributed by atoms with Crippen LogP contribution in [0.25, 0.3) is 0 Å². The first-order chi connectivity index (χ1) is 8.61. The van der Waals surface area contributed by atoms with Crippen LogP contribution in [0.3, 0.4) is 0 Å². The molecule has 1 heterocycles. The minimum absolute atomic E-state index is 0.00257. The highest BCUT2D eigenvalue weighted by Gasteiger charge is 2.09. The molecule has 0 aliphatic rings. The first-order valence-electron chi connectivity index (χ1n) is 5.70. The smallest absolute Gasteiger partial charge is 0.306 e. The van der Waals surface area contributed by atoms with E-state index in [-0.39, 0.29) is 30.3 Å². The molecule has 0 saturated heterocycles. The van der Waals surface area contributed by atoms with E-state index < -0.39 is 0 Å². The molecule has 1 aromatic heterocycles. The van der Waals surface area contributed by atoms with Gasteiger partial charge in [0.2, 0.25) is 0 Å². The Morgan fingerprint density at radius 1 is 1.28 bits per heavy atom. The highest BCUT2D eigenvalue weighted by molar-refractivity contribution is 7.99. The molecule has 0 aromatic carbocycles. The zero-order valence-corrected chi connectivity index (χ0v) is 11.3. The predicted molar refractivity (Wildman–Crippen MR) is 68.4 cm³/mol. The summed E-state index contributed by atoms with van der Waals surface area (Å²) in [4.78, 5) is 30.7. The highest BCUT2D eigenvalue weighted by atomic mass is 32.2. The molecule has 0 fully saturated rings. The van der Waals surface area contributed by atoms with Gasteiger partial charge in [-0.15, -0.1) is 0 Å². The van der Waals surface area contributed by atoms with Crippen molar-refractivity contribution in [1.82, 2.24) is 9.97 Å². The molecule has 18 heavy (non-hydrogen) atoms. The van der Waals surface area contributed by atoms with Crippen molar-refractivity contribution in [2.75, 3.05) is 12.4 Å². The summed E-state index contributed by atoms with van der Waals surface area (Å²) in [6.07, 6.45) is 3.76. The van der Waals surface area contributed by atoms with Crippen molar-refractivity contribution in [3.63, 3.8) is 0 Å². The van der Waals surface area contributed by atoms with Gasteiger partial charge in [0.15, 0.2) is 5.16 Å². The van der Waals surface area contributed by atoms with Crippen molar-refractivity contribution < 1.29 is 14.3 Å². The molecule has 0 atom stereocenters. The largest absolute Gasteiger partial charge is 0.466 e. The summed E-state index contributed by atoms with van der Waals surface area (Å²) in [6, 6.07) is 0. The zero-order chi connectivity index (χ0) is 13.4. The summed E-state index contributed by atoms with van der Waals surface area (Å²) >= 11 is 1.28. The SMILES string of the molecule is CCOC(=O)CCC(=O)CSc1ncc(C)cn1. The minimum atomic E-state index is -0.331. The summed E-state index contributed by atoms with van der Waals surface area (Å²) in [5, 5.41) is 0.574. The molecule has 0 saturated carbocycles. The van der Waals surface area contributed by atoms with Crippen LogP contribution in [0.2, 0.25) is 0 Å².